The highest BCUT2D eigenvalue weighted by atomic mass is 32.2. The van der Waals surface area contributed by atoms with Crippen LogP contribution in [0.15, 0.2) is 88.7 Å². The van der Waals surface area contributed by atoms with E-state index in [9.17, 15) is 13.2 Å². The first-order chi connectivity index (χ1) is 16.0. The molecule has 0 bridgehead atoms. The smallest absolute Gasteiger partial charge is 0.255 e. The number of hydrogen-bond acceptors (Lipinski definition) is 5. The molecule has 1 fully saturated rings. The average molecular weight is 482 g/mol. The molecule has 0 unspecified atom stereocenters. The van der Waals surface area contributed by atoms with Crippen LogP contribution in [0, 0.1) is 0 Å². The molecule has 3 aromatic rings. The Labute approximate surface area is 199 Å². The Hall–Kier alpha value is -2.65. The molecule has 0 saturated carbocycles. The van der Waals surface area contributed by atoms with Crippen molar-refractivity contribution in [3.8, 4) is 0 Å². The summed E-state index contributed by atoms with van der Waals surface area (Å²) in [5.74, 6) is -0.139. The Kier molecular flexibility index (Phi) is 7.49. The summed E-state index contributed by atoms with van der Waals surface area (Å²) in [6.07, 6.45) is 2.00. The number of hydrogen-bond donors (Lipinski definition) is 1. The number of carbonyl (C=O) groups is 1. The van der Waals surface area contributed by atoms with Crippen molar-refractivity contribution in [1.29, 1.82) is 0 Å². The number of sulfonamides is 1. The van der Waals surface area contributed by atoms with Crippen molar-refractivity contribution in [2.24, 2.45) is 0 Å². The largest absolute Gasteiger partial charge is 0.322 e. The zero-order valence-corrected chi connectivity index (χ0v) is 20.1. The number of amides is 1. The van der Waals surface area contributed by atoms with E-state index in [0.29, 0.717) is 36.6 Å². The van der Waals surface area contributed by atoms with Crippen molar-refractivity contribution in [2.45, 2.75) is 16.3 Å². The van der Waals surface area contributed by atoms with Gasteiger partial charge >= 0.3 is 0 Å². The van der Waals surface area contributed by atoms with Crippen molar-refractivity contribution >= 4 is 33.4 Å². The molecule has 1 N–H and O–H groups in total. The normalized spacial score (nSPS) is 15.3. The lowest BCUT2D eigenvalue weighted by atomic mass is 10.1. The molecule has 4 rings (SSSR count). The molecule has 0 spiro atoms. The van der Waals surface area contributed by atoms with Gasteiger partial charge < -0.3 is 5.32 Å². The zero-order valence-electron chi connectivity index (χ0n) is 18.5. The van der Waals surface area contributed by atoms with Crippen molar-refractivity contribution in [2.75, 3.05) is 37.8 Å². The minimum Gasteiger partial charge on any atom is -0.322 e. The van der Waals surface area contributed by atoms with Crippen LogP contribution < -0.4 is 5.32 Å². The summed E-state index contributed by atoms with van der Waals surface area (Å²) in [6.45, 7) is 2.98. The fourth-order valence-electron chi connectivity index (χ4n) is 3.79. The first-order valence-corrected chi connectivity index (χ1v) is 13.4. The van der Waals surface area contributed by atoms with Crippen molar-refractivity contribution < 1.29 is 13.2 Å². The quantitative estimate of drug-likeness (QED) is 0.513. The van der Waals surface area contributed by atoms with E-state index in [4.69, 9.17) is 0 Å². The molecule has 33 heavy (non-hydrogen) atoms. The fourth-order valence-corrected chi connectivity index (χ4v) is 5.70. The number of nitrogens with zero attached hydrogens (tertiary/aromatic N) is 2. The van der Waals surface area contributed by atoms with Crippen molar-refractivity contribution in [3.05, 3.63) is 90.0 Å². The van der Waals surface area contributed by atoms with E-state index in [1.165, 1.54) is 0 Å². The van der Waals surface area contributed by atoms with Gasteiger partial charge in [-0.1, -0.05) is 36.4 Å². The molecule has 0 radical (unpaired) electrons. The van der Waals surface area contributed by atoms with Gasteiger partial charge in [-0.15, -0.1) is 11.8 Å². The van der Waals surface area contributed by atoms with Crippen LogP contribution >= 0.6 is 11.8 Å². The molecule has 0 aromatic heterocycles. The van der Waals surface area contributed by atoms with Gasteiger partial charge in [0, 0.05) is 48.9 Å². The molecule has 8 heteroatoms. The Morgan fingerprint density at radius 1 is 0.909 bits per heavy atom. The van der Waals surface area contributed by atoms with E-state index in [2.05, 4.69) is 10.2 Å². The number of nitrogens with one attached hydrogen (secondary N) is 1. The number of anilines is 1. The summed E-state index contributed by atoms with van der Waals surface area (Å²) in [4.78, 5) is 16.2. The molecule has 1 aliphatic heterocycles. The maximum atomic E-state index is 12.8. The molecule has 6 nitrogen and oxygen atoms in total. The lowest BCUT2D eigenvalue weighted by molar-refractivity contribution is 0.102. The van der Waals surface area contributed by atoms with Crippen LogP contribution in [-0.4, -0.2) is 56.0 Å². The van der Waals surface area contributed by atoms with E-state index in [-0.39, 0.29) is 5.91 Å². The highest BCUT2D eigenvalue weighted by molar-refractivity contribution is 7.98. The fraction of sp³-hybridized carbons (Fsp3) is 0.240. The first kappa shape index (κ1) is 23.5. The van der Waals surface area contributed by atoms with Gasteiger partial charge in [0.15, 0.2) is 0 Å². The predicted molar refractivity (Wildman–Crippen MR) is 133 cm³/mol. The van der Waals surface area contributed by atoms with Crippen LogP contribution in [0.3, 0.4) is 0 Å². The summed E-state index contributed by atoms with van der Waals surface area (Å²) in [7, 11) is -3.44. The minimum absolute atomic E-state index is 0.139. The van der Waals surface area contributed by atoms with Crippen LogP contribution in [-0.2, 0) is 16.6 Å². The third-order valence-corrected chi connectivity index (χ3v) is 8.30. The molecule has 1 saturated heterocycles. The molecule has 172 valence electrons. The molecule has 0 atom stereocenters. The zero-order chi connectivity index (χ0) is 23.3. The van der Waals surface area contributed by atoms with Crippen LogP contribution in [0.2, 0.25) is 0 Å². The van der Waals surface area contributed by atoms with Gasteiger partial charge in [0.2, 0.25) is 10.0 Å². The Balaban J connectivity index is 1.31. The SMILES string of the molecule is CSc1cccc(NC(=O)c2ccc(CN3CCN(S(=O)(=O)c4ccccc4)CC3)cc2)c1. The van der Waals surface area contributed by atoms with Crippen molar-refractivity contribution in [1.82, 2.24) is 9.21 Å². The average Bonchev–Trinajstić information content (AvgIpc) is 2.85. The van der Waals surface area contributed by atoms with E-state index < -0.39 is 10.0 Å². The Morgan fingerprint density at radius 3 is 2.27 bits per heavy atom. The second kappa shape index (κ2) is 10.5. The van der Waals surface area contributed by atoms with Gasteiger partial charge in [-0.2, -0.15) is 4.31 Å². The van der Waals surface area contributed by atoms with Gasteiger partial charge in [-0.05, 0) is 54.3 Å². The maximum absolute atomic E-state index is 12.8. The highest BCUT2D eigenvalue weighted by Gasteiger charge is 2.28. The summed E-state index contributed by atoms with van der Waals surface area (Å²) < 4.78 is 27.1. The van der Waals surface area contributed by atoms with Gasteiger partial charge in [0.1, 0.15) is 0 Å². The number of benzene rings is 3. The second-order valence-electron chi connectivity index (χ2n) is 7.88. The number of carbonyl (C=O) groups excluding carboxylic acids is 1. The minimum atomic E-state index is -3.44. The van der Waals surface area contributed by atoms with E-state index >= 15 is 0 Å². The number of thioether (sulfide) groups is 1. The third kappa shape index (κ3) is 5.83. The van der Waals surface area contributed by atoms with Crippen molar-refractivity contribution in [3.63, 3.8) is 0 Å². The van der Waals surface area contributed by atoms with E-state index in [1.54, 1.807) is 40.3 Å². The summed E-state index contributed by atoms with van der Waals surface area (Å²) in [5.41, 5.74) is 2.47. The van der Waals surface area contributed by atoms with Crippen LogP contribution in [0.1, 0.15) is 15.9 Å². The van der Waals surface area contributed by atoms with Crippen LogP contribution in [0.4, 0.5) is 5.69 Å². The van der Waals surface area contributed by atoms with Gasteiger partial charge in [-0.25, -0.2) is 8.42 Å². The lowest BCUT2D eigenvalue weighted by Gasteiger charge is -2.34. The summed E-state index contributed by atoms with van der Waals surface area (Å²) in [5, 5.41) is 2.94. The second-order valence-corrected chi connectivity index (χ2v) is 10.7. The standard InChI is InChI=1S/C25H27N3O3S2/c1-32-23-7-5-6-22(18-23)26-25(29)21-12-10-20(11-13-21)19-27-14-16-28(17-15-27)33(30,31)24-8-3-2-4-9-24/h2-13,18H,14-17,19H2,1H3,(H,26,29). The monoisotopic (exact) mass is 481 g/mol. The van der Waals surface area contributed by atoms with Crippen LogP contribution in [0.25, 0.3) is 0 Å². The van der Waals surface area contributed by atoms with E-state index in [0.717, 1.165) is 22.7 Å². The van der Waals surface area contributed by atoms with Gasteiger partial charge in [0.25, 0.3) is 5.91 Å². The van der Waals surface area contributed by atoms with Gasteiger partial charge in [-0.3, -0.25) is 9.69 Å². The summed E-state index contributed by atoms with van der Waals surface area (Å²) in [6, 6.07) is 23.9. The highest BCUT2D eigenvalue weighted by Crippen LogP contribution is 2.20. The molecule has 0 aliphatic carbocycles. The van der Waals surface area contributed by atoms with E-state index in [1.807, 2.05) is 60.9 Å². The molecule has 1 amide bonds. The number of piperazine rings is 1. The van der Waals surface area contributed by atoms with Crippen LogP contribution in [0.5, 0.6) is 0 Å². The molecular weight excluding hydrogens is 454 g/mol. The predicted octanol–water partition coefficient (Wildman–Crippen LogP) is 4.17. The van der Waals surface area contributed by atoms with Gasteiger partial charge in [0.05, 0.1) is 4.90 Å². The summed E-state index contributed by atoms with van der Waals surface area (Å²) >= 11 is 1.63. The lowest BCUT2D eigenvalue weighted by Crippen LogP contribution is -2.48. The first-order valence-electron chi connectivity index (χ1n) is 10.8. The molecular formula is C25H27N3O3S2. The third-order valence-electron chi connectivity index (χ3n) is 5.66. The maximum Gasteiger partial charge on any atom is 0.255 e. The Bertz CT molecular complexity index is 1190. The molecule has 1 aliphatic rings. The Morgan fingerprint density at radius 2 is 1.61 bits per heavy atom. The topological polar surface area (TPSA) is 69.7 Å². The molecule has 3 aromatic carbocycles. The molecule has 1 heterocycles. The number of rotatable bonds is 7.